The number of benzene rings is 1. The smallest absolute Gasteiger partial charge is 0.408 e. The summed E-state index contributed by atoms with van der Waals surface area (Å²) < 4.78 is 45.8. The Kier molecular flexibility index (Phi) is 10.8. The molecule has 3 heterocycles. The van der Waals surface area contributed by atoms with Crippen LogP contribution in [0.2, 0.25) is 0 Å². The molecule has 6 aliphatic rings. The van der Waals surface area contributed by atoms with E-state index >= 15 is 4.79 Å². The minimum absolute atomic E-state index is 0.0147. The molecule has 5 fully saturated rings. The normalized spacial score (nSPS) is 33.6. The van der Waals surface area contributed by atoms with Crippen LogP contribution in [0.5, 0.6) is 11.6 Å². The van der Waals surface area contributed by atoms with Crippen LogP contribution in [0.1, 0.15) is 85.0 Å². The van der Waals surface area contributed by atoms with Crippen molar-refractivity contribution in [3.63, 3.8) is 0 Å². The number of anilines is 1. The Morgan fingerprint density at radius 1 is 1.02 bits per heavy atom. The van der Waals surface area contributed by atoms with Gasteiger partial charge in [0.25, 0.3) is 5.91 Å². The molecule has 2 aliphatic heterocycles. The van der Waals surface area contributed by atoms with E-state index in [2.05, 4.69) is 22.3 Å². The fourth-order valence-corrected chi connectivity index (χ4v) is 10.8. The van der Waals surface area contributed by atoms with E-state index < -0.39 is 68.2 Å². The Labute approximate surface area is 346 Å². The minimum Gasteiger partial charge on any atom is -0.497 e. The predicted molar refractivity (Wildman–Crippen MR) is 220 cm³/mol. The summed E-state index contributed by atoms with van der Waals surface area (Å²) in [6.45, 7) is 5.62. The maximum atomic E-state index is 15.0. The molecule has 9 atom stereocenters. The maximum absolute atomic E-state index is 15.0. The molecule has 8 rings (SSSR count). The minimum atomic E-state index is -4.00. The van der Waals surface area contributed by atoms with Crippen LogP contribution in [0, 0.1) is 29.6 Å². The molecule has 9 unspecified atom stereocenters. The van der Waals surface area contributed by atoms with E-state index in [1.807, 2.05) is 62.3 Å². The quantitative estimate of drug-likeness (QED) is 0.304. The van der Waals surface area contributed by atoms with Crippen molar-refractivity contribution < 1.29 is 41.8 Å². The molecule has 0 bridgehead atoms. The molecule has 3 N–H and O–H groups in total. The topological polar surface area (TPSA) is 186 Å². The number of nitrogens with one attached hydrogen (secondary N) is 3. The Morgan fingerprint density at radius 3 is 2.46 bits per heavy atom. The molecule has 16 heteroatoms. The predicted octanol–water partition coefficient (Wildman–Crippen LogP) is 4.44. The molecule has 0 spiro atoms. The molecule has 15 nitrogen and oxygen atoms in total. The van der Waals surface area contributed by atoms with Crippen LogP contribution in [-0.4, -0.2) is 104 Å². The number of allylic oxidation sites excluding steroid dienone is 1. The monoisotopic (exact) mass is 834 g/mol. The van der Waals surface area contributed by atoms with Crippen LogP contribution in [0.3, 0.4) is 0 Å². The van der Waals surface area contributed by atoms with Gasteiger partial charge in [-0.05, 0) is 118 Å². The van der Waals surface area contributed by atoms with Gasteiger partial charge in [-0.2, -0.15) is 4.98 Å². The third-order valence-corrected chi connectivity index (χ3v) is 15.9. The van der Waals surface area contributed by atoms with Crippen molar-refractivity contribution in [1.29, 1.82) is 0 Å². The van der Waals surface area contributed by atoms with Gasteiger partial charge in [-0.15, -0.1) is 0 Å². The van der Waals surface area contributed by atoms with Gasteiger partial charge in [-0.1, -0.05) is 26.0 Å². The first-order valence-corrected chi connectivity index (χ1v) is 22.6. The van der Waals surface area contributed by atoms with E-state index in [1.165, 1.54) is 11.3 Å². The molecule has 4 saturated carbocycles. The number of amides is 4. The summed E-state index contributed by atoms with van der Waals surface area (Å²) in [5.41, 5.74) is -1.53. The zero-order valence-corrected chi connectivity index (χ0v) is 35.7. The van der Waals surface area contributed by atoms with Crippen LogP contribution in [-0.2, 0) is 29.1 Å². The Hall–Kier alpha value is -4.60. The number of pyridine rings is 1. The second-order valence-electron chi connectivity index (χ2n) is 18.6. The number of carbonyl (C=O) groups excluding carboxylic acids is 4. The van der Waals surface area contributed by atoms with Crippen molar-refractivity contribution in [2.24, 2.45) is 29.6 Å². The number of aromatic nitrogens is 1. The van der Waals surface area contributed by atoms with Crippen molar-refractivity contribution in [3.8, 4) is 11.6 Å². The summed E-state index contributed by atoms with van der Waals surface area (Å²) >= 11 is 0. The highest BCUT2D eigenvalue weighted by Gasteiger charge is 2.63. The summed E-state index contributed by atoms with van der Waals surface area (Å²) in [6.07, 6.45) is 8.34. The number of methoxy groups -OCH3 is 1. The average Bonchev–Trinajstić information content (AvgIpc) is 4.14. The maximum Gasteiger partial charge on any atom is 0.408 e. The first-order chi connectivity index (χ1) is 28.0. The number of nitrogens with zero attached hydrogens (tertiary/aromatic N) is 3. The second-order valence-corrected chi connectivity index (χ2v) is 20.8. The van der Waals surface area contributed by atoms with Crippen LogP contribution in [0.4, 0.5) is 10.6 Å². The Balaban J connectivity index is 1.12. The molecular weight excluding hydrogens is 777 g/mol. The Morgan fingerprint density at radius 2 is 1.76 bits per heavy atom. The van der Waals surface area contributed by atoms with Gasteiger partial charge >= 0.3 is 6.09 Å². The Bertz CT molecular complexity index is 2150. The van der Waals surface area contributed by atoms with Crippen LogP contribution in [0.15, 0.2) is 36.4 Å². The lowest BCUT2D eigenvalue weighted by molar-refractivity contribution is -0.142. The first-order valence-electron chi connectivity index (χ1n) is 21.1. The summed E-state index contributed by atoms with van der Waals surface area (Å²) in [7, 11) is 1.32. The van der Waals surface area contributed by atoms with Gasteiger partial charge in [-0.3, -0.25) is 19.1 Å². The fourth-order valence-electron chi connectivity index (χ4n) is 9.46. The molecular formula is C43H58N6O9S. The number of alkyl carbamates (subject to hydrolysis) is 1. The van der Waals surface area contributed by atoms with Crippen molar-refractivity contribution in [2.45, 2.75) is 120 Å². The zero-order chi connectivity index (χ0) is 42.0. The number of sulfonamides is 1. The van der Waals surface area contributed by atoms with Gasteiger partial charge in [0.1, 0.15) is 41.4 Å². The number of fused-ring (bicyclic) bond motifs is 4. The molecule has 1 aromatic heterocycles. The second kappa shape index (κ2) is 15.5. The van der Waals surface area contributed by atoms with Crippen molar-refractivity contribution in [1.82, 2.24) is 25.2 Å². The van der Waals surface area contributed by atoms with Gasteiger partial charge in [-0.25, -0.2) is 13.2 Å². The van der Waals surface area contributed by atoms with Crippen LogP contribution < -0.4 is 29.7 Å². The average molecular weight is 835 g/mol. The van der Waals surface area contributed by atoms with Crippen molar-refractivity contribution in [2.75, 3.05) is 32.6 Å². The van der Waals surface area contributed by atoms with Gasteiger partial charge in [0.15, 0.2) is 0 Å². The number of carbonyl (C=O) groups is 4. The number of hydrogen-bond acceptors (Lipinski definition) is 11. The van der Waals surface area contributed by atoms with E-state index in [1.54, 1.807) is 14.0 Å². The largest absolute Gasteiger partial charge is 0.497 e. The van der Waals surface area contributed by atoms with E-state index in [0.29, 0.717) is 60.4 Å². The third kappa shape index (κ3) is 8.30. The van der Waals surface area contributed by atoms with E-state index in [-0.39, 0.29) is 37.3 Å². The van der Waals surface area contributed by atoms with Crippen molar-refractivity contribution in [3.05, 3.63) is 36.4 Å². The number of rotatable bonds is 9. The standard InChI is InChI=1S/C43H58N6O9S/c1-24-9-7-8-10-29-22-43(29,40(52)47-59(54,55)42(3)13-14-42)46-37(50)34-21-32(57-38-33-12-11-30(56-6)19-28(33)20-35(44-38)48(4)5)23-49(34)39(51)36(25(2)15-24)45-41(53)58-31-17-26-16-27(26)18-31/h8,10-12,19-20,24-27,29,31-32,34,36H,7,9,13-18,21-23H2,1-6H3,(H,45,53)(H,46,50)(H,47,52). The molecule has 0 radical (unpaired) electrons. The summed E-state index contributed by atoms with van der Waals surface area (Å²) in [4.78, 5) is 65.3. The van der Waals surface area contributed by atoms with E-state index in [0.717, 1.165) is 24.6 Å². The molecule has 1 saturated heterocycles. The highest BCUT2D eigenvalue weighted by Crippen LogP contribution is 2.52. The summed E-state index contributed by atoms with van der Waals surface area (Å²) in [6, 6.07) is 5.32. The zero-order valence-electron chi connectivity index (χ0n) is 34.9. The fraction of sp³-hybridized carbons (Fsp3) is 0.651. The molecule has 59 heavy (non-hydrogen) atoms. The molecule has 4 aliphatic carbocycles. The van der Waals surface area contributed by atoms with Gasteiger partial charge in [0.05, 0.1) is 18.4 Å². The number of ether oxygens (including phenoxy) is 3. The third-order valence-electron chi connectivity index (χ3n) is 13.7. The highest BCUT2D eigenvalue weighted by atomic mass is 32.2. The van der Waals surface area contributed by atoms with Crippen LogP contribution in [0.25, 0.3) is 10.8 Å². The molecule has 2 aromatic rings. The van der Waals surface area contributed by atoms with Crippen LogP contribution >= 0.6 is 0 Å². The molecule has 1 aromatic carbocycles. The van der Waals surface area contributed by atoms with Crippen molar-refractivity contribution >= 4 is 50.4 Å². The van der Waals surface area contributed by atoms with E-state index in [9.17, 15) is 22.8 Å². The van der Waals surface area contributed by atoms with Gasteiger partial charge in [0, 0.05) is 31.8 Å². The van der Waals surface area contributed by atoms with E-state index in [4.69, 9.17) is 19.2 Å². The highest BCUT2D eigenvalue weighted by molar-refractivity contribution is 7.91. The lowest BCUT2D eigenvalue weighted by atomic mass is 9.88. The summed E-state index contributed by atoms with van der Waals surface area (Å²) in [5.74, 6) is 0.326. The lowest BCUT2D eigenvalue weighted by Gasteiger charge is -2.33. The lowest BCUT2D eigenvalue weighted by Crippen LogP contribution is -2.59. The van der Waals surface area contributed by atoms with Gasteiger partial charge < -0.3 is 34.6 Å². The first kappa shape index (κ1) is 41.1. The molecule has 320 valence electrons. The van der Waals surface area contributed by atoms with Gasteiger partial charge in [0.2, 0.25) is 27.7 Å². The SMILES string of the molecule is COc1ccc2c(OC3CC4C(=O)NC5(C(=O)NS(=O)(=O)C6(C)CC6)CC5C=CCCC(C)CC(C)C(NC(=O)OC5CC6CC6C5)C(=O)N4C3)nc(N(C)C)cc2c1. The summed E-state index contributed by atoms with van der Waals surface area (Å²) in [5, 5.41) is 7.39. The number of hydrogen-bond donors (Lipinski definition) is 3. The molecule has 4 amide bonds.